The van der Waals surface area contributed by atoms with Gasteiger partial charge in [0.25, 0.3) is 0 Å². The van der Waals surface area contributed by atoms with Crippen LogP contribution in [0.15, 0.2) is 0 Å². The molecular weight excluding hydrogens is 1710 g/mol. The Morgan fingerprint density at radius 3 is 1.17 bits per heavy atom. The first-order chi connectivity index (χ1) is 60.0. The fraction of sp³-hybridized carbons (Fsp3) is 0.839. The highest BCUT2D eigenvalue weighted by molar-refractivity contribution is 5.91. The van der Waals surface area contributed by atoms with Gasteiger partial charge in [0.15, 0.2) is 22.9 Å². The highest BCUT2D eigenvalue weighted by Gasteiger charge is 2.87. The van der Waals surface area contributed by atoms with Crippen molar-refractivity contribution in [1.82, 2.24) is 0 Å². The van der Waals surface area contributed by atoms with Gasteiger partial charge in [0.05, 0.1) is 82.1 Å². The van der Waals surface area contributed by atoms with E-state index in [-0.39, 0.29) is 152 Å². The van der Waals surface area contributed by atoms with Crippen LogP contribution in [0.5, 0.6) is 0 Å². The minimum atomic E-state index is -4.96. The quantitative estimate of drug-likeness (QED) is 0.0375. The third-order valence-corrected chi connectivity index (χ3v) is 33.6. The van der Waals surface area contributed by atoms with Crippen LogP contribution >= 0.6 is 0 Å². The average Bonchev–Trinajstić information content (AvgIpc) is 1.50. The number of nitrogens with zero attached hydrogens (tertiary/aromatic N) is 1. The van der Waals surface area contributed by atoms with Crippen molar-refractivity contribution in [3.8, 4) is 6.07 Å². The van der Waals surface area contributed by atoms with E-state index in [2.05, 4.69) is 10.8 Å². The van der Waals surface area contributed by atoms with E-state index >= 15 is 0 Å². The van der Waals surface area contributed by atoms with E-state index < -0.39 is 169 Å². The number of rotatable bonds is 24. The van der Waals surface area contributed by atoms with Crippen molar-refractivity contribution in [2.24, 2.45) is 143 Å². The van der Waals surface area contributed by atoms with Crippen molar-refractivity contribution in [3.63, 3.8) is 0 Å². The summed E-state index contributed by atoms with van der Waals surface area (Å²) in [7, 11) is 0.970. The van der Waals surface area contributed by atoms with Crippen LogP contribution in [-0.2, 0) is 138 Å². The SMILES string of the molecule is CCC(C)(C)C(=O)OC1C2CC3C(=O)OC1C3C2.CCC(C)(C)C(=O)OC1C2CC3C1OC(=O)C3(C#N)C2.CCC(C)(C)C(=O)OC1C2CC3C1OC(=O)C3(C(F)(F)F)C2.CCC(C)(C)C(=O)OC1C2CC3C1OC(=O)C3(C(F)(F)F)C2C(=O)OC.CCC(C)(C)C(=O)OCC(=O)OC1C2CC3C(=O)OC1C3C2.CCC(C)(C)C(=O)OCCOC1C2CC3C(=O)OC1C3C2. The van der Waals surface area contributed by atoms with Crippen LogP contribution in [0.4, 0.5) is 26.3 Å². The lowest BCUT2D eigenvalue weighted by Gasteiger charge is -2.39. The Hall–Kier alpha value is -8.39. The van der Waals surface area contributed by atoms with Gasteiger partial charge in [-0.3, -0.25) is 62.3 Å². The molecule has 18 rings (SSSR count). The zero-order valence-corrected chi connectivity index (χ0v) is 76.9. The largest absolute Gasteiger partial charge is 0.469 e. The van der Waals surface area contributed by atoms with Crippen LogP contribution < -0.4 is 0 Å². The summed E-state index contributed by atoms with van der Waals surface area (Å²) in [4.78, 5) is 168. The van der Waals surface area contributed by atoms with Crippen LogP contribution in [-0.4, -0.2) is 196 Å². The summed E-state index contributed by atoms with van der Waals surface area (Å²) in [5, 5.41) is 9.31. The summed E-state index contributed by atoms with van der Waals surface area (Å²) in [6, 6.07) is 2.15. The summed E-state index contributed by atoms with van der Waals surface area (Å²) in [5.74, 6) is -10.6. The number of ether oxygens (including phenoxy) is 15. The van der Waals surface area contributed by atoms with Crippen LogP contribution in [0.1, 0.15) is 234 Å². The highest BCUT2D eigenvalue weighted by atomic mass is 19.4. The molecule has 6 saturated heterocycles. The fourth-order valence-corrected chi connectivity index (χ4v) is 23.3. The van der Waals surface area contributed by atoms with Gasteiger partial charge in [-0.15, -0.1) is 0 Å². The second kappa shape index (κ2) is 34.9. The monoisotopic (exact) mass is 1830 g/mol. The minimum absolute atomic E-state index is 0.00409. The molecule has 30 nitrogen and oxygen atoms in total. The number of nitriles is 1. The van der Waals surface area contributed by atoms with Crippen molar-refractivity contribution in [2.75, 3.05) is 26.9 Å². The zero-order valence-electron chi connectivity index (χ0n) is 76.9. The minimum Gasteiger partial charge on any atom is -0.469 e. The van der Waals surface area contributed by atoms with E-state index in [1.54, 1.807) is 48.5 Å². The molecule has 6 aliphatic heterocycles. The summed E-state index contributed by atoms with van der Waals surface area (Å²) in [5.41, 5.74) is -9.86. The molecule has 12 bridgehead atoms. The predicted octanol–water partition coefficient (Wildman–Crippen LogP) is 12.2. The Morgan fingerprint density at radius 1 is 0.380 bits per heavy atom. The number of methoxy groups -OCH3 is 1. The van der Waals surface area contributed by atoms with E-state index in [0.717, 1.165) is 64.9 Å². The third kappa shape index (κ3) is 16.5. The van der Waals surface area contributed by atoms with Crippen LogP contribution in [0, 0.1) is 155 Å². The Labute approximate surface area is 746 Å². The van der Waals surface area contributed by atoms with Crippen LogP contribution in [0.3, 0.4) is 0 Å². The second-order valence-corrected chi connectivity index (χ2v) is 42.8. The lowest BCUT2D eigenvalue weighted by Crippen LogP contribution is -2.57. The maximum atomic E-state index is 13.9. The van der Waals surface area contributed by atoms with Gasteiger partial charge < -0.3 is 71.1 Å². The average molecular weight is 1830 g/mol. The number of alkyl halides is 6. The lowest BCUT2D eigenvalue weighted by atomic mass is 9.65. The molecule has 0 amide bonds. The molecule has 0 aromatic carbocycles. The van der Waals surface area contributed by atoms with Gasteiger partial charge in [-0.05, 0) is 198 Å². The molecule has 129 heavy (non-hydrogen) atoms. The first kappa shape index (κ1) is 98.1. The molecule has 31 atom stereocenters. The molecule has 0 radical (unpaired) electrons. The van der Waals surface area contributed by atoms with E-state index in [1.807, 2.05) is 76.2 Å². The third-order valence-electron chi connectivity index (χ3n) is 33.6. The van der Waals surface area contributed by atoms with Gasteiger partial charge >= 0.3 is 95.9 Å². The number of hydrogen-bond donors (Lipinski definition) is 0. The maximum Gasteiger partial charge on any atom is 0.406 e. The second-order valence-electron chi connectivity index (χ2n) is 42.8. The summed E-state index contributed by atoms with van der Waals surface area (Å²) in [6.45, 7) is 33.2. The smallest absolute Gasteiger partial charge is 0.406 e. The standard InChI is InChI=1S/C17H21F3O6.C16H22O6.C16H24O5.C15H19F3O4.C15H19NO4.C14H20O4/c1-5-15(2,3)13(22)25-10-7-6-8-11(10)26-14(23)16(8,17(18,19)20)9(7)12(21)24-4;1-4-16(2,3)15(19)20-7-11(17)21-12-8-5-9-10(6-8)14(18)22-13(9)12;1-4-16(2,3)15(18)20-6-5-19-12-9-7-10-11(8-9)14(17)21-13(10)12;1-4-13(2,3)11(19)21-9-7-5-8-10(9)22-12(20)14(8,6-7)15(16,17)18;1-4-14(2,3)12(17)19-10-8-5-9-11(10)20-13(18)15(9,6-8)7-16;1-4-14(2,3)13(16)18-10-7-5-8-9(6-7)12(15)17-11(8)10/h7-11H,5-6H2,1-4H3;8-10,12-13H,4-7H2,1-3H3;9-13H,4-8H2,1-3H3;7-10H,4-6H2,1-3H3;8-11H,4-6H2,1-3H3;7-11H,4-6H2,1-3H3. The number of esters is 14. The predicted molar refractivity (Wildman–Crippen MR) is 428 cm³/mol. The topological polar surface area (TPSA) is 401 Å². The van der Waals surface area contributed by atoms with E-state index in [4.69, 9.17) is 66.3 Å². The van der Waals surface area contributed by atoms with Crippen molar-refractivity contribution < 1.29 is 165 Å². The maximum absolute atomic E-state index is 13.9. The summed E-state index contributed by atoms with van der Waals surface area (Å²) in [6.07, 6.45) is -5.23. The molecule has 6 heterocycles. The normalized spacial score (nSPS) is 38.7. The molecule has 12 aliphatic carbocycles. The Morgan fingerprint density at radius 2 is 0.744 bits per heavy atom. The van der Waals surface area contributed by atoms with Gasteiger partial charge in [-0.2, -0.15) is 31.6 Å². The Bertz CT molecular complexity index is 4490. The molecule has 18 fully saturated rings. The Balaban J connectivity index is 0.000000132. The lowest BCUT2D eigenvalue weighted by molar-refractivity contribution is -0.249. The van der Waals surface area contributed by atoms with E-state index in [1.165, 1.54) is 0 Å². The number of fused-ring (bicyclic) bond motifs is 6. The molecule has 31 unspecified atom stereocenters. The first-order valence-corrected chi connectivity index (χ1v) is 45.9. The zero-order chi connectivity index (χ0) is 95.2. The molecule has 36 heteroatoms. The van der Waals surface area contributed by atoms with Crippen molar-refractivity contribution >= 4 is 83.6 Å². The highest BCUT2D eigenvalue weighted by Crippen LogP contribution is 2.72. The van der Waals surface area contributed by atoms with Crippen LogP contribution in [0.25, 0.3) is 0 Å². The van der Waals surface area contributed by atoms with Gasteiger partial charge in [0.2, 0.25) is 0 Å². The van der Waals surface area contributed by atoms with Crippen molar-refractivity contribution in [2.45, 2.75) is 319 Å². The molecule has 0 aromatic rings. The molecule has 718 valence electrons. The Kier molecular flexibility index (Phi) is 26.5. The van der Waals surface area contributed by atoms with Gasteiger partial charge in [-0.1, -0.05) is 41.5 Å². The fourth-order valence-electron chi connectivity index (χ4n) is 23.3. The number of carbonyl (C=O) groups is 14. The molecular formula is C93H125F6NO29. The molecule has 12 saturated carbocycles. The van der Waals surface area contributed by atoms with Gasteiger partial charge in [-0.25, -0.2) is 4.79 Å². The van der Waals surface area contributed by atoms with Crippen molar-refractivity contribution in [3.05, 3.63) is 0 Å². The summed E-state index contributed by atoms with van der Waals surface area (Å²) >= 11 is 0. The van der Waals surface area contributed by atoms with Crippen molar-refractivity contribution in [1.29, 1.82) is 5.26 Å². The number of hydrogen-bond acceptors (Lipinski definition) is 30. The molecule has 0 spiro atoms. The molecule has 18 aliphatic rings. The van der Waals surface area contributed by atoms with Crippen LogP contribution in [0.2, 0.25) is 0 Å². The number of carbonyl (C=O) groups excluding carboxylic acids is 14. The van der Waals surface area contributed by atoms with Gasteiger partial charge in [0, 0.05) is 65.1 Å². The molecule has 0 N–H and O–H groups in total. The van der Waals surface area contributed by atoms with Gasteiger partial charge in [0.1, 0.15) is 73.8 Å². The number of halogens is 6. The molecule has 0 aromatic heterocycles. The summed E-state index contributed by atoms with van der Waals surface area (Å²) < 4.78 is 162. The van der Waals surface area contributed by atoms with E-state index in [9.17, 15) is 98.7 Å². The first-order valence-electron chi connectivity index (χ1n) is 45.9. The van der Waals surface area contributed by atoms with E-state index in [0.29, 0.717) is 62.4 Å².